The second-order valence-electron chi connectivity index (χ2n) is 14.9. The molecule has 266 valence electrons. The summed E-state index contributed by atoms with van der Waals surface area (Å²) in [4.78, 5) is 0. The zero-order chi connectivity index (χ0) is 37.5. The molecule has 0 amide bonds. The van der Waals surface area contributed by atoms with E-state index in [9.17, 15) is 0 Å². The van der Waals surface area contributed by atoms with Crippen molar-refractivity contribution in [2.24, 2.45) is 0 Å². The highest BCUT2D eigenvalue weighted by molar-refractivity contribution is 6.27. The van der Waals surface area contributed by atoms with Gasteiger partial charge in [0.05, 0.1) is 22.1 Å². The van der Waals surface area contributed by atoms with E-state index in [-0.39, 0.29) is 0 Å². The Kier molecular flexibility index (Phi) is 6.93. The summed E-state index contributed by atoms with van der Waals surface area (Å²) in [6, 6.07) is 74.4. The zero-order valence-electron chi connectivity index (χ0n) is 30.9. The third-order valence-electron chi connectivity index (χ3n) is 11.7. The van der Waals surface area contributed by atoms with Crippen molar-refractivity contribution in [2.75, 3.05) is 0 Å². The number of aromatic nitrogens is 2. The molecule has 9 aromatic carbocycles. The fraction of sp³-hybridized carbons (Fsp3) is 0. The van der Waals surface area contributed by atoms with E-state index in [0.717, 1.165) is 44.3 Å². The number of fused-ring (bicyclic) bond motifs is 10. The summed E-state index contributed by atoms with van der Waals surface area (Å²) in [5.41, 5.74) is 16.0. The van der Waals surface area contributed by atoms with Crippen molar-refractivity contribution in [3.8, 4) is 44.8 Å². The minimum atomic E-state index is 0.901. The number of benzene rings is 9. The molecule has 3 aromatic heterocycles. The Bertz CT molecular complexity index is 3480. The minimum Gasteiger partial charge on any atom is -0.456 e. The van der Waals surface area contributed by atoms with Crippen molar-refractivity contribution >= 4 is 65.6 Å². The van der Waals surface area contributed by atoms with E-state index in [1.165, 1.54) is 66.0 Å². The van der Waals surface area contributed by atoms with Crippen LogP contribution in [0.2, 0.25) is 0 Å². The number of hydrogen-bond acceptors (Lipinski definition) is 1. The molecule has 0 fully saturated rings. The molecule has 12 aromatic rings. The lowest BCUT2D eigenvalue weighted by Gasteiger charge is -2.11. The molecule has 0 radical (unpaired) electrons. The SMILES string of the molecule is c1ccc(-c2ccc(-n3c4ccccc4c4cc(-c5ccc6c(c5)c5c7c(ccc5n6-c5ccc(-c6ccccc6)cc5)oc5ccccc57)ccc43)cc2)cc1. The lowest BCUT2D eigenvalue weighted by molar-refractivity contribution is 0.669. The van der Waals surface area contributed by atoms with E-state index >= 15 is 0 Å². The molecule has 3 nitrogen and oxygen atoms in total. The molecule has 57 heavy (non-hydrogen) atoms. The van der Waals surface area contributed by atoms with Gasteiger partial charge in [-0.05, 0) is 106 Å². The van der Waals surface area contributed by atoms with Gasteiger partial charge in [0.2, 0.25) is 0 Å². The highest BCUT2D eigenvalue weighted by atomic mass is 16.3. The highest BCUT2D eigenvalue weighted by Gasteiger charge is 2.20. The first-order valence-electron chi connectivity index (χ1n) is 19.5. The van der Waals surface area contributed by atoms with Gasteiger partial charge in [0, 0.05) is 43.7 Å². The van der Waals surface area contributed by atoms with Gasteiger partial charge in [-0.2, -0.15) is 0 Å². The van der Waals surface area contributed by atoms with Gasteiger partial charge in [0.15, 0.2) is 0 Å². The minimum absolute atomic E-state index is 0.901. The third-order valence-corrected chi connectivity index (χ3v) is 11.7. The number of para-hydroxylation sites is 2. The van der Waals surface area contributed by atoms with Crippen LogP contribution >= 0.6 is 0 Å². The van der Waals surface area contributed by atoms with Crippen molar-refractivity contribution in [3.63, 3.8) is 0 Å². The van der Waals surface area contributed by atoms with Crippen molar-refractivity contribution in [3.05, 3.63) is 206 Å². The maximum Gasteiger partial charge on any atom is 0.136 e. The predicted octanol–water partition coefficient (Wildman–Crippen LogP) is 14.8. The first-order valence-corrected chi connectivity index (χ1v) is 19.5. The number of furan rings is 1. The summed E-state index contributed by atoms with van der Waals surface area (Å²) in [5.74, 6) is 0. The summed E-state index contributed by atoms with van der Waals surface area (Å²) in [5, 5.41) is 7.17. The summed E-state index contributed by atoms with van der Waals surface area (Å²) in [7, 11) is 0. The van der Waals surface area contributed by atoms with E-state index in [0.29, 0.717) is 0 Å². The Morgan fingerprint density at radius 2 is 0.719 bits per heavy atom. The van der Waals surface area contributed by atoms with Gasteiger partial charge in [-0.3, -0.25) is 0 Å². The average molecular weight is 727 g/mol. The molecule has 12 rings (SSSR count). The first kappa shape index (κ1) is 31.7. The molecule has 0 saturated carbocycles. The van der Waals surface area contributed by atoms with Crippen molar-refractivity contribution < 1.29 is 4.42 Å². The predicted molar refractivity (Wildman–Crippen MR) is 239 cm³/mol. The Morgan fingerprint density at radius 1 is 0.263 bits per heavy atom. The van der Waals surface area contributed by atoms with Gasteiger partial charge in [0.1, 0.15) is 11.2 Å². The number of hydrogen-bond donors (Lipinski definition) is 0. The smallest absolute Gasteiger partial charge is 0.136 e. The van der Waals surface area contributed by atoms with Crippen LogP contribution in [0.4, 0.5) is 0 Å². The average Bonchev–Trinajstić information content (AvgIpc) is 3.94. The van der Waals surface area contributed by atoms with Gasteiger partial charge in [-0.1, -0.05) is 133 Å². The number of rotatable bonds is 5. The zero-order valence-corrected chi connectivity index (χ0v) is 30.9. The molecule has 0 aliphatic rings. The molecular formula is C54H34N2O. The van der Waals surface area contributed by atoms with Crippen LogP contribution in [0.5, 0.6) is 0 Å². The van der Waals surface area contributed by atoms with Crippen molar-refractivity contribution in [1.82, 2.24) is 9.13 Å². The third kappa shape index (κ3) is 4.92. The Hall–Kier alpha value is -7.62. The molecule has 0 aliphatic carbocycles. The highest BCUT2D eigenvalue weighted by Crippen LogP contribution is 2.43. The van der Waals surface area contributed by atoms with Crippen LogP contribution in [0.1, 0.15) is 0 Å². The number of nitrogens with zero attached hydrogens (tertiary/aromatic N) is 2. The maximum atomic E-state index is 6.45. The van der Waals surface area contributed by atoms with Crippen molar-refractivity contribution in [2.45, 2.75) is 0 Å². The van der Waals surface area contributed by atoms with Crippen LogP contribution in [-0.2, 0) is 0 Å². The topological polar surface area (TPSA) is 23.0 Å². The quantitative estimate of drug-likeness (QED) is 0.173. The Balaban J connectivity index is 1.05. The second-order valence-corrected chi connectivity index (χ2v) is 14.9. The molecule has 3 heterocycles. The summed E-state index contributed by atoms with van der Waals surface area (Å²) in [6.45, 7) is 0. The Labute approximate surface area is 328 Å². The molecule has 0 atom stereocenters. The monoisotopic (exact) mass is 726 g/mol. The lowest BCUT2D eigenvalue weighted by Crippen LogP contribution is -1.94. The lowest BCUT2D eigenvalue weighted by atomic mass is 9.99. The normalized spacial score (nSPS) is 11.9. The summed E-state index contributed by atoms with van der Waals surface area (Å²) >= 11 is 0. The summed E-state index contributed by atoms with van der Waals surface area (Å²) in [6.07, 6.45) is 0. The van der Waals surface area contributed by atoms with Crippen LogP contribution in [0.25, 0.3) is 110 Å². The van der Waals surface area contributed by atoms with E-state index in [1.807, 2.05) is 6.07 Å². The largest absolute Gasteiger partial charge is 0.456 e. The van der Waals surface area contributed by atoms with Crippen LogP contribution in [0.15, 0.2) is 211 Å². The molecule has 3 heteroatoms. The maximum absolute atomic E-state index is 6.45. The van der Waals surface area contributed by atoms with Gasteiger partial charge in [0.25, 0.3) is 0 Å². The van der Waals surface area contributed by atoms with Crippen LogP contribution in [-0.4, -0.2) is 9.13 Å². The van der Waals surface area contributed by atoms with Gasteiger partial charge >= 0.3 is 0 Å². The van der Waals surface area contributed by atoms with Crippen molar-refractivity contribution in [1.29, 1.82) is 0 Å². The van der Waals surface area contributed by atoms with E-state index in [1.54, 1.807) is 0 Å². The second kappa shape index (κ2) is 12.5. The molecule has 0 N–H and O–H groups in total. The fourth-order valence-corrected chi connectivity index (χ4v) is 9.08. The Morgan fingerprint density at radius 3 is 1.37 bits per heavy atom. The van der Waals surface area contributed by atoms with Crippen LogP contribution in [0.3, 0.4) is 0 Å². The first-order chi connectivity index (χ1) is 28.3. The molecular weight excluding hydrogens is 693 g/mol. The van der Waals surface area contributed by atoms with Crippen LogP contribution < -0.4 is 0 Å². The standard InChI is InChI=1S/C54H34N2O/c1-3-11-35(12-4-1)37-19-25-41(26-20-37)55-47-17-9-7-15-43(47)45-33-39(23-29-48(45)55)40-24-30-49-46(34-40)53-50(31-32-52-54(53)44-16-8-10-18-51(44)57-52)56(49)42-27-21-38(22-28-42)36-13-5-2-6-14-36/h1-34H. The summed E-state index contributed by atoms with van der Waals surface area (Å²) < 4.78 is 11.2. The molecule has 0 bridgehead atoms. The van der Waals surface area contributed by atoms with E-state index < -0.39 is 0 Å². The van der Waals surface area contributed by atoms with Crippen LogP contribution in [0, 0.1) is 0 Å². The molecule has 0 spiro atoms. The van der Waals surface area contributed by atoms with Gasteiger partial charge in [-0.15, -0.1) is 0 Å². The molecule has 0 aliphatic heterocycles. The van der Waals surface area contributed by atoms with E-state index in [4.69, 9.17) is 4.42 Å². The van der Waals surface area contributed by atoms with Gasteiger partial charge in [-0.25, -0.2) is 0 Å². The fourth-order valence-electron chi connectivity index (χ4n) is 9.08. The molecule has 0 saturated heterocycles. The van der Waals surface area contributed by atoms with E-state index in [2.05, 4.69) is 209 Å². The van der Waals surface area contributed by atoms with Gasteiger partial charge < -0.3 is 13.6 Å². The molecule has 0 unspecified atom stereocenters.